The van der Waals surface area contributed by atoms with Gasteiger partial charge in [-0.25, -0.2) is 20.2 Å². The number of hydrazine groups is 1. The number of carbonyl (C=O) groups excluding carboxylic acids is 1. The highest BCUT2D eigenvalue weighted by atomic mass is 35.5. The summed E-state index contributed by atoms with van der Waals surface area (Å²) in [7, 11) is 0. The van der Waals surface area contributed by atoms with E-state index in [0.717, 1.165) is 22.6 Å². The second kappa shape index (κ2) is 9.80. The lowest BCUT2D eigenvalue weighted by molar-refractivity contribution is -0.137. The molecule has 0 fully saturated rings. The molecule has 0 aliphatic heterocycles. The van der Waals surface area contributed by atoms with E-state index in [0.29, 0.717) is 17.3 Å². The summed E-state index contributed by atoms with van der Waals surface area (Å²) in [6.07, 6.45) is -3.16. The van der Waals surface area contributed by atoms with Crippen LogP contribution in [0.5, 0.6) is 0 Å². The number of urea groups is 1. The maximum Gasteiger partial charge on any atom is 0.417 e. The summed E-state index contributed by atoms with van der Waals surface area (Å²) >= 11 is 5.75. The zero-order chi connectivity index (χ0) is 24.1. The first-order chi connectivity index (χ1) is 16.3. The Morgan fingerprint density at radius 1 is 0.882 bits per heavy atom. The van der Waals surface area contributed by atoms with Crippen LogP contribution >= 0.6 is 11.6 Å². The molecule has 34 heavy (non-hydrogen) atoms. The number of halogens is 4. The van der Waals surface area contributed by atoms with Crippen molar-refractivity contribution >= 4 is 34.8 Å². The fourth-order valence-corrected chi connectivity index (χ4v) is 3.38. The van der Waals surface area contributed by atoms with Crippen LogP contribution in [-0.2, 0) is 6.18 Å². The third-order valence-electron chi connectivity index (χ3n) is 4.72. The second-order valence-electron chi connectivity index (χ2n) is 7.02. The Morgan fingerprint density at radius 2 is 1.56 bits per heavy atom. The average Bonchev–Trinajstić information content (AvgIpc) is 2.84. The summed E-state index contributed by atoms with van der Waals surface area (Å²) in [4.78, 5) is 22.8. The largest absolute Gasteiger partial charge is 0.417 e. The molecule has 6 nitrogen and oxygen atoms in total. The van der Waals surface area contributed by atoms with Gasteiger partial charge in [0.2, 0.25) is 0 Å². The van der Waals surface area contributed by atoms with E-state index in [4.69, 9.17) is 11.6 Å². The highest BCUT2D eigenvalue weighted by molar-refractivity contribution is 6.31. The Bertz CT molecular complexity index is 1290. The number of anilines is 3. The Kier molecular flexibility index (Phi) is 6.65. The molecule has 2 amide bonds. The molecule has 0 atom stereocenters. The number of alkyl halides is 3. The number of amides is 2. The molecule has 0 bridgehead atoms. The molecule has 3 aromatic carbocycles. The van der Waals surface area contributed by atoms with Crippen LogP contribution < -0.4 is 15.8 Å². The summed E-state index contributed by atoms with van der Waals surface area (Å²) in [5.74, 6) is 0.731. The van der Waals surface area contributed by atoms with Crippen LogP contribution in [0.4, 0.5) is 35.2 Å². The van der Waals surface area contributed by atoms with Crippen LogP contribution in [0.25, 0.3) is 11.4 Å². The van der Waals surface area contributed by atoms with Gasteiger partial charge in [0.25, 0.3) is 0 Å². The minimum absolute atomic E-state index is 0.0186. The number of nitrogens with one attached hydrogen (secondary N) is 2. The average molecular weight is 484 g/mol. The van der Waals surface area contributed by atoms with Crippen molar-refractivity contribution in [1.29, 1.82) is 0 Å². The van der Waals surface area contributed by atoms with Gasteiger partial charge >= 0.3 is 12.2 Å². The van der Waals surface area contributed by atoms with E-state index in [1.54, 1.807) is 36.4 Å². The highest BCUT2D eigenvalue weighted by Crippen LogP contribution is 2.38. The van der Waals surface area contributed by atoms with E-state index in [9.17, 15) is 18.0 Å². The number of hydrogen-bond acceptors (Lipinski definition) is 4. The number of nitrogens with zero attached hydrogens (tertiary/aromatic N) is 3. The van der Waals surface area contributed by atoms with E-state index < -0.39 is 22.8 Å². The summed E-state index contributed by atoms with van der Waals surface area (Å²) in [5, 5.41) is -0.461. The molecule has 10 heteroatoms. The first-order valence-electron chi connectivity index (χ1n) is 9.99. The lowest BCUT2D eigenvalue weighted by atomic mass is 10.1. The molecule has 4 rings (SSSR count). The monoisotopic (exact) mass is 483 g/mol. The molecular formula is C24H17ClF3N5O. The van der Waals surface area contributed by atoms with Gasteiger partial charge in [-0.05, 0) is 30.3 Å². The van der Waals surface area contributed by atoms with Crippen molar-refractivity contribution in [2.24, 2.45) is 0 Å². The van der Waals surface area contributed by atoms with Crippen molar-refractivity contribution in [2.75, 3.05) is 10.3 Å². The minimum Gasteiger partial charge on any atom is -0.280 e. The van der Waals surface area contributed by atoms with E-state index in [1.165, 1.54) is 12.3 Å². The Morgan fingerprint density at radius 3 is 2.24 bits per heavy atom. The van der Waals surface area contributed by atoms with Gasteiger partial charge in [-0.3, -0.25) is 10.3 Å². The van der Waals surface area contributed by atoms with Crippen molar-refractivity contribution in [2.45, 2.75) is 6.18 Å². The van der Waals surface area contributed by atoms with Gasteiger partial charge in [-0.15, -0.1) is 0 Å². The molecule has 2 N–H and O–H groups in total. The van der Waals surface area contributed by atoms with Crippen LogP contribution in [0.1, 0.15) is 5.56 Å². The molecule has 0 spiro atoms. The first kappa shape index (κ1) is 23.1. The topological polar surface area (TPSA) is 70.1 Å². The van der Waals surface area contributed by atoms with E-state index in [-0.39, 0.29) is 5.69 Å². The van der Waals surface area contributed by atoms with Crippen molar-refractivity contribution in [3.8, 4) is 11.4 Å². The smallest absolute Gasteiger partial charge is 0.280 e. The normalized spacial score (nSPS) is 11.1. The minimum atomic E-state index is -4.68. The number of aromatic nitrogens is 2. The van der Waals surface area contributed by atoms with Gasteiger partial charge in [0, 0.05) is 17.8 Å². The molecule has 0 saturated carbocycles. The van der Waals surface area contributed by atoms with Gasteiger partial charge in [-0.1, -0.05) is 60.1 Å². The van der Waals surface area contributed by atoms with Crippen LogP contribution in [0.3, 0.4) is 0 Å². The van der Waals surface area contributed by atoms with Gasteiger partial charge in [0.15, 0.2) is 5.82 Å². The molecule has 1 aromatic heterocycles. The van der Waals surface area contributed by atoms with Crippen molar-refractivity contribution in [1.82, 2.24) is 15.4 Å². The third kappa shape index (κ3) is 5.26. The van der Waals surface area contributed by atoms with Crippen molar-refractivity contribution in [3.05, 3.63) is 102 Å². The number of hydrogen-bond donors (Lipinski definition) is 2. The standard InChI is InChI=1S/C24H17ClF3N5O/c25-20-12-11-18(15-19(20)24(26,27)28)33(17-9-5-2-6-10-17)23(34)32-31-21-13-14-29-22(30-21)16-7-3-1-4-8-16/h1-15H,(H,32,34)(H,29,30,31). The van der Waals surface area contributed by atoms with E-state index >= 15 is 0 Å². The molecule has 172 valence electrons. The summed E-state index contributed by atoms with van der Waals surface area (Å²) in [6.45, 7) is 0. The SMILES string of the molecule is O=C(NNc1ccnc(-c2ccccc2)n1)N(c1ccccc1)c1ccc(Cl)c(C(F)(F)F)c1. The maximum absolute atomic E-state index is 13.4. The zero-order valence-electron chi connectivity index (χ0n) is 17.4. The summed E-state index contributed by atoms with van der Waals surface area (Å²) < 4.78 is 40.2. The lowest BCUT2D eigenvalue weighted by Gasteiger charge is -2.24. The molecule has 0 radical (unpaired) electrons. The number of benzene rings is 3. The van der Waals surface area contributed by atoms with Crippen LogP contribution in [-0.4, -0.2) is 16.0 Å². The molecule has 1 heterocycles. The quantitative estimate of drug-likeness (QED) is 0.310. The molecule has 0 aliphatic rings. The molecule has 0 saturated heterocycles. The van der Waals surface area contributed by atoms with Gasteiger partial charge in [0.1, 0.15) is 5.82 Å². The molecule has 0 aliphatic carbocycles. The van der Waals surface area contributed by atoms with Crippen molar-refractivity contribution < 1.29 is 18.0 Å². The van der Waals surface area contributed by atoms with Gasteiger partial charge < -0.3 is 0 Å². The maximum atomic E-state index is 13.4. The predicted octanol–water partition coefficient (Wildman–Crippen LogP) is 6.69. The lowest BCUT2D eigenvalue weighted by Crippen LogP contribution is -2.40. The highest BCUT2D eigenvalue weighted by Gasteiger charge is 2.34. The van der Waals surface area contributed by atoms with Gasteiger partial charge in [-0.2, -0.15) is 13.2 Å². The van der Waals surface area contributed by atoms with E-state index in [2.05, 4.69) is 20.8 Å². The Hall–Kier alpha value is -4.11. The summed E-state index contributed by atoms with van der Waals surface area (Å²) in [6, 6.07) is 21.6. The molecular weight excluding hydrogens is 467 g/mol. The van der Waals surface area contributed by atoms with Crippen LogP contribution in [0.15, 0.2) is 91.1 Å². The molecule has 4 aromatic rings. The van der Waals surface area contributed by atoms with Crippen LogP contribution in [0.2, 0.25) is 5.02 Å². The van der Waals surface area contributed by atoms with E-state index in [1.807, 2.05) is 30.3 Å². The third-order valence-corrected chi connectivity index (χ3v) is 5.05. The number of para-hydroxylation sites is 1. The number of carbonyl (C=O) groups is 1. The van der Waals surface area contributed by atoms with Crippen LogP contribution in [0, 0.1) is 0 Å². The fourth-order valence-electron chi connectivity index (χ4n) is 3.16. The Labute approximate surface area is 198 Å². The summed E-state index contributed by atoms with van der Waals surface area (Å²) in [5.41, 5.74) is 5.24. The zero-order valence-corrected chi connectivity index (χ0v) is 18.2. The molecule has 0 unspecified atom stereocenters. The second-order valence-corrected chi connectivity index (χ2v) is 7.43. The first-order valence-corrected chi connectivity index (χ1v) is 10.4. The Balaban J connectivity index is 1.61. The predicted molar refractivity (Wildman–Crippen MR) is 125 cm³/mol. The van der Waals surface area contributed by atoms with Gasteiger partial charge in [0.05, 0.1) is 22.0 Å². The fraction of sp³-hybridized carbons (Fsp3) is 0.0417. The number of rotatable bonds is 5. The van der Waals surface area contributed by atoms with Crippen molar-refractivity contribution in [3.63, 3.8) is 0 Å².